The third kappa shape index (κ3) is 4.76. The van der Waals surface area contributed by atoms with Gasteiger partial charge in [-0.1, -0.05) is 23.5 Å². The van der Waals surface area contributed by atoms with E-state index in [1.807, 2.05) is 13.8 Å². The van der Waals surface area contributed by atoms with Crippen LogP contribution in [0.25, 0.3) is 5.76 Å². The van der Waals surface area contributed by atoms with Gasteiger partial charge in [-0.3, -0.25) is 14.5 Å². The summed E-state index contributed by atoms with van der Waals surface area (Å²) in [5.74, 6) is -1.19. The summed E-state index contributed by atoms with van der Waals surface area (Å²) in [4.78, 5) is 45.4. The third-order valence-electron chi connectivity index (χ3n) is 6.57. The lowest BCUT2D eigenvalue weighted by molar-refractivity contribution is -0.132. The van der Waals surface area contributed by atoms with Crippen molar-refractivity contribution >= 4 is 39.9 Å². The number of benzene rings is 2. The van der Waals surface area contributed by atoms with Gasteiger partial charge in [-0.05, 0) is 69.2 Å². The monoisotopic (exact) mass is 548 g/mol. The molecule has 0 bridgehead atoms. The summed E-state index contributed by atoms with van der Waals surface area (Å²) < 4.78 is 16.5. The lowest BCUT2D eigenvalue weighted by Gasteiger charge is -2.23. The molecule has 1 aromatic heterocycles. The first-order valence-corrected chi connectivity index (χ1v) is 13.5. The van der Waals surface area contributed by atoms with Gasteiger partial charge < -0.3 is 19.3 Å². The van der Waals surface area contributed by atoms with Crippen LogP contribution in [0.15, 0.2) is 48.0 Å². The van der Waals surface area contributed by atoms with E-state index in [2.05, 4.69) is 4.98 Å². The Labute approximate surface area is 229 Å². The highest BCUT2D eigenvalue weighted by Crippen LogP contribution is 2.44. The van der Waals surface area contributed by atoms with Crippen LogP contribution in [0.1, 0.15) is 58.9 Å². The van der Waals surface area contributed by atoms with E-state index in [9.17, 15) is 19.5 Å². The highest BCUT2D eigenvalue weighted by atomic mass is 32.1. The van der Waals surface area contributed by atoms with Crippen molar-refractivity contribution in [3.05, 3.63) is 75.3 Å². The summed E-state index contributed by atoms with van der Waals surface area (Å²) in [6, 6.07) is 11.2. The second-order valence-electron chi connectivity index (χ2n) is 9.26. The smallest absolute Gasteiger partial charge is 0.350 e. The van der Waals surface area contributed by atoms with Crippen molar-refractivity contribution in [1.29, 1.82) is 0 Å². The van der Waals surface area contributed by atoms with E-state index in [1.165, 1.54) is 4.90 Å². The molecule has 1 amide bonds. The number of aliphatic hydroxyl groups is 1. The number of carbonyl (C=O) groups excluding carboxylic acids is 3. The number of Topliss-reactive ketones (excluding diaryl/α,β-unsaturated/α-hetero) is 1. The Kier molecular flexibility index (Phi) is 7.14. The van der Waals surface area contributed by atoms with Crippen LogP contribution >= 0.6 is 11.3 Å². The molecular weight excluding hydrogens is 520 g/mol. The van der Waals surface area contributed by atoms with Crippen LogP contribution < -0.4 is 14.4 Å². The van der Waals surface area contributed by atoms with Crippen molar-refractivity contribution in [2.24, 2.45) is 0 Å². The number of thiazole rings is 1. The zero-order valence-electron chi connectivity index (χ0n) is 22.0. The fraction of sp³-hybridized carbons (Fsp3) is 0.310. The lowest BCUT2D eigenvalue weighted by Crippen LogP contribution is -2.29. The number of aliphatic hydroxyl groups excluding tert-OH is 1. The molecule has 2 atom stereocenters. The fourth-order valence-corrected chi connectivity index (χ4v) is 5.84. The Morgan fingerprint density at radius 2 is 1.90 bits per heavy atom. The van der Waals surface area contributed by atoms with Gasteiger partial charge in [-0.15, -0.1) is 0 Å². The number of carbonyl (C=O) groups is 3. The van der Waals surface area contributed by atoms with E-state index >= 15 is 0 Å². The quantitative estimate of drug-likeness (QED) is 0.190. The molecule has 0 radical (unpaired) electrons. The van der Waals surface area contributed by atoms with Crippen LogP contribution in [0.2, 0.25) is 0 Å². The van der Waals surface area contributed by atoms with Crippen LogP contribution in [-0.4, -0.2) is 47.1 Å². The first-order valence-electron chi connectivity index (χ1n) is 12.7. The molecule has 1 fully saturated rings. The lowest BCUT2D eigenvalue weighted by atomic mass is 9.94. The number of aromatic nitrogens is 1. The molecule has 0 aliphatic carbocycles. The van der Waals surface area contributed by atoms with E-state index in [-0.39, 0.29) is 34.1 Å². The maximum atomic E-state index is 13.5. The minimum Gasteiger partial charge on any atom is -0.507 e. The minimum atomic E-state index is -0.982. The van der Waals surface area contributed by atoms with Crippen molar-refractivity contribution in [3.8, 4) is 11.5 Å². The number of ether oxygens (including phenoxy) is 3. The summed E-state index contributed by atoms with van der Waals surface area (Å²) in [6.45, 7) is 7.84. The average molecular weight is 549 g/mol. The Morgan fingerprint density at radius 1 is 1.15 bits per heavy atom. The normalized spacial score (nSPS) is 19.6. The molecule has 5 rings (SSSR count). The van der Waals surface area contributed by atoms with Gasteiger partial charge >= 0.3 is 11.9 Å². The maximum Gasteiger partial charge on any atom is 0.350 e. The predicted octanol–water partition coefficient (Wildman–Crippen LogP) is 4.98. The van der Waals surface area contributed by atoms with Crippen molar-refractivity contribution in [1.82, 2.24) is 4.98 Å². The van der Waals surface area contributed by atoms with Crippen LogP contribution in [-0.2, 0) is 20.7 Å². The average Bonchev–Trinajstić information content (AvgIpc) is 3.56. The van der Waals surface area contributed by atoms with Crippen LogP contribution in [0.3, 0.4) is 0 Å². The molecule has 3 heterocycles. The number of nitrogens with zero attached hydrogens (tertiary/aromatic N) is 2. The van der Waals surface area contributed by atoms with E-state index in [4.69, 9.17) is 14.2 Å². The van der Waals surface area contributed by atoms with Gasteiger partial charge in [0.15, 0.2) is 5.13 Å². The minimum absolute atomic E-state index is 0.00793. The molecule has 2 aliphatic heterocycles. The van der Waals surface area contributed by atoms with E-state index in [0.29, 0.717) is 35.6 Å². The maximum absolute atomic E-state index is 13.5. The zero-order chi connectivity index (χ0) is 27.8. The summed E-state index contributed by atoms with van der Waals surface area (Å²) in [6.07, 6.45) is 0.677. The highest BCUT2D eigenvalue weighted by molar-refractivity contribution is 7.17. The van der Waals surface area contributed by atoms with Crippen molar-refractivity contribution in [2.75, 3.05) is 18.1 Å². The number of ketones is 1. The van der Waals surface area contributed by atoms with E-state index in [0.717, 1.165) is 22.6 Å². The molecule has 1 saturated heterocycles. The van der Waals surface area contributed by atoms with Gasteiger partial charge in [0, 0.05) is 12.0 Å². The molecule has 2 unspecified atom stereocenters. The van der Waals surface area contributed by atoms with E-state index in [1.54, 1.807) is 56.3 Å². The van der Waals surface area contributed by atoms with Crippen LogP contribution in [0.5, 0.6) is 11.5 Å². The largest absolute Gasteiger partial charge is 0.507 e. The molecule has 202 valence electrons. The number of hydrogen-bond donors (Lipinski definition) is 1. The first-order chi connectivity index (χ1) is 18.7. The van der Waals surface area contributed by atoms with E-state index < -0.39 is 23.7 Å². The number of anilines is 1. The molecule has 39 heavy (non-hydrogen) atoms. The molecule has 2 aliphatic rings. The standard InChI is InChI=1S/C29H28N2O7S/c1-5-36-20-10-7-17(8-11-20)23-22(24(32)18-9-12-21-19(14-18)13-15(3)38-21)25(33)27(34)31(23)29-30-16(4)26(39-29)28(35)37-6-2/h7-12,14-15,23,32H,5-6,13H2,1-4H3. The van der Waals surface area contributed by atoms with Gasteiger partial charge in [0.05, 0.1) is 30.5 Å². The number of aryl methyl sites for hydroxylation is 1. The molecule has 3 aromatic rings. The Hall–Kier alpha value is -4.18. The van der Waals surface area contributed by atoms with Gasteiger partial charge in [-0.25, -0.2) is 9.78 Å². The summed E-state index contributed by atoms with van der Waals surface area (Å²) in [5, 5.41) is 11.6. The van der Waals surface area contributed by atoms with Gasteiger partial charge in [0.25, 0.3) is 5.78 Å². The SMILES string of the molecule is CCOC(=O)c1sc(N2C(=O)C(=O)C(=C(O)c3ccc4c(c3)CC(C)O4)C2c2ccc(OCC)cc2)nc1C. The zero-order valence-corrected chi connectivity index (χ0v) is 22.8. The predicted molar refractivity (Wildman–Crippen MR) is 145 cm³/mol. The topological polar surface area (TPSA) is 115 Å². The van der Waals surface area contributed by atoms with Gasteiger partial charge in [0.1, 0.15) is 28.2 Å². The molecule has 2 aromatic carbocycles. The summed E-state index contributed by atoms with van der Waals surface area (Å²) in [5.41, 5.74) is 2.20. The molecular formula is C29H28N2O7S. The molecule has 9 nitrogen and oxygen atoms in total. The van der Waals surface area contributed by atoms with Crippen LogP contribution in [0, 0.1) is 6.92 Å². The number of esters is 1. The molecule has 0 saturated carbocycles. The Morgan fingerprint density at radius 3 is 2.59 bits per heavy atom. The summed E-state index contributed by atoms with van der Waals surface area (Å²) >= 11 is 0.968. The third-order valence-corrected chi connectivity index (χ3v) is 7.71. The number of amides is 1. The van der Waals surface area contributed by atoms with Gasteiger partial charge in [-0.2, -0.15) is 0 Å². The van der Waals surface area contributed by atoms with Crippen LogP contribution in [0.4, 0.5) is 5.13 Å². The number of rotatable bonds is 7. The second kappa shape index (κ2) is 10.5. The summed E-state index contributed by atoms with van der Waals surface area (Å²) in [7, 11) is 0. The van der Waals surface area contributed by atoms with Crippen molar-refractivity contribution < 1.29 is 33.7 Å². The highest BCUT2D eigenvalue weighted by Gasteiger charge is 2.48. The number of fused-ring (bicyclic) bond motifs is 1. The molecule has 10 heteroatoms. The number of hydrogen-bond acceptors (Lipinski definition) is 9. The van der Waals surface area contributed by atoms with Crippen molar-refractivity contribution in [3.63, 3.8) is 0 Å². The van der Waals surface area contributed by atoms with Gasteiger partial charge in [0.2, 0.25) is 0 Å². The fourth-order valence-electron chi connectivity index (χ4n) is 4.85. The Balaban J connectivity index is 1.65. The molecule has 1 N–H and O–H groups in total. The van der Waals surface area contributed by atoms with Crippen molar-refractivity contribution in [2.45, 2.75) is 46.3 Å². The second-order valence-corrected chi connectivity index (χ2v) is 10.2. The molecule has 0 spiro atoms. The first kappa shape index (κ1) is 26.4. The Bertz CT molecular complexity index is 1490.